The summed E-state index contributed by atoms with van der Waals surface area (Å²) in [5.74, 6) is 0. The molecule has 4 aromatic rings. The molecule has 0 saturated carbocycles. The van der Waals surface area contributed by atoms with Crippen LogP contribution in [0.25, 0.3) is 0 Å². The highest BCUT2D eigenvalue weighted by Crippen LogP contribution is 2.38. The van der Waals surface area contributed by atoms with Crippen molar-refractivity contribution in [2.24, 2.45) is 0 Å². The van der Waals surface area contributed by atoms with Crippen LogP contribution in [0.2, 0.25) is 101 Å². The fraction of sp³-hybridized carbons (Fsp3) is 0.538. The van der Waals surface area contributed by atoms with Crippen LogP contribution in [-0.2, 0) is 0 Å². The first-order valence-electron chi connectivity index (χ1n) is 23.6. The highest BCUT2D eigenvalue weighted by atomic mass is 28.3. The molecule has 61 heavy (non-hydrogen) atoms. The molecule has 4 atom stereocenters. The van der Waals surface area contributed by atoms with Gasteiger partial charge in [-0.2, -0.15) is 0 Å². The Hall–Kier alpha value is -2.20. The van der Waals surface area contributed by atoms with E-state index in [1.807, 2.05) is 27.7 Å². The second-order valence-electron chi connectivity index (χ2n) is 21.6. The molecule has 9 heteroatoms. The Balaban J connectivity index is 1.62. The third-order valence-electron chi connectivity index (χ3n) is 14.7. The molecule has 4 rings (SSSR count). The van der Waals surface area contributed by atoms with Gasteiger partial charge in [0.15, 0.2) is 0 Å². The maximum atomic E-state index is 10.2. The Morgan fingerprint density at radius 1 is 0.295 bits per heavy atom. The first-order chi connectivity index (χ1) is 28.5. The Morgan fingerprint density at radius 2 is 0.459 bits per heavy atom. The van der Waals surface area contributed by atoms with Crippen LogP contribution in [0, 0.1) is 0 Å². The molecule has 0 saturated heterocycles. The summed E-state index contributed by atoms with van der Waals surface area (Å²) in [5.41, 5.74) is 4.00. The summed E-state index contributed by atoms with van der Waals surface area (Å²) >= 11 is 0. The molecule has 0 heterocycles. The monoisotopic (exact) mass is 913 g/mol. The number of hydrogen-bond donors (Lipinski definition) is 4. The van der Waals surface area contributed by atoms with Crippen molar-refractivity contribution in [2.45, 2.75) is 179 Å². The van der Waals surface area contributed by atoms with Crippen LogP contribution in [-0.4, -0.2) is 60.8 Å². The Morgan fingerprint density at radius 3 is 0.607 bits per heavy atom. The molecule has 4 nitrogen and oxygen atoms in total. The Bertz CT molecular complexity index is 1620. The highest BCUT2D eigenvalue weighted by molar-refractivity contribution is 6.91. The van der Waals surface area contributed by atoms with Crippen molar-refractivity contribution in [3.63, 3.8) is 0 Å². The highest BCUT2D eigenvalue weighted by Gasteiger charge is 2.36. The third kappa shape index (κ3) is 14.9. The van der Waals surface area contributed by atoms with E-state index < -0.39 is 64.8 Å². The molecule has 4 unspecified atom stereocenters. The smallest absolute Gasteiger partial charge is 0.0806 e. The topological polar surface area (TPSA) is 80.9 Å². The van der Waals surface area contributed by atoms with E-state index in [0.29, 0.717) is 0 Å². The van der Waals surface area contributed by atoms with Gasteiger partial charge in [-0.25, -0.2) is 0 Å². The summed E-state index contributed by atoms with van der Waals surface area (Å²) in [6, 6.07) is 46.5. The van der Waals surface area contributed by atoms with E-state index >= 15 is 0 Å². The Kier molecular flexibility index (Phi) is 18.7. The average Bonchev–Trinajstić information content (AvgIpc) is 3.20. The van der Waals surface area contributed by atoms with Crippen LogP contribution in [0.15, 0.2) is 97.1 Å². The number of aliphatic hydroxyl groups excluding tert-OH is 4. The maximum absolute atomic E-state index is 10.2. The van der Waals surface area contributed by atoms with E-state index in [4.69, 9.17) is 0 Å². The zero-order chi connectivity index (χ0) is 45.2. The minimum Gasteiger partial charge on any atom is -0.389 e. The largest absolute Gasteiger partial charge is 0.389 e. The van der Waals surface area contributed by atoms with Crippen LogP contribution in [0.5, 0.6) is 0 Å². The molecule has 4 N–H and O–H groups in total. The lowest BCUT2D eigenvalue weighted by Gasteiger charge is -2.37. The first kappa shape index (κ1) is 51.4. The summed E-state index contributed by atoms with van der Waals surface area (Å²) in [6.07, 6.45) is 3.52. The van der Waals surface area contributed by atoms with E-state index in [2.05, 4.69) is 149 Å². The van der Waals surface area contributed by atoms with Crippen LogP contribution in [0.4, 0.5) is 0 Å². The molecular weight excluding hydrogens is 829 g/mol. The van der Waals surface area contributed by atoms with Crippen molar-refractivity contribution in [3.8, 4) is 0 Å². The number of aliphatic hydroxyl groups is 4. The van der Waals surface area contributed by atoms with Gasteiger partial charge in [-0.15, -0.1) is 0 Å². The number of benzene rings is 4. The van der Waals surface area contributed by atoms with Gasteiger partial charge < -0.3 is 20.4 Å². The summed E-state index contributed by atoms with van der Waals surface area (Å²) in [6.45, 7) is 27.8. The molecule has 0 spiro atoms. The fourth-order valence-corrected chi connectivity index (χ4v) is 26.1. The van der Waals surface area contributed by atoms with Gasteiger partial charge in [0.2, 0.25) is 0 Å². The van der Waals surface area contributed by atoms with Crippen molar-refractivity contribution < 1.29 is 20.4 Å². The predicted molar refractivity (Wildman–Crippen MR) is 279 cm³/mol. The molecule has 4 aromatic carbocycles. The van der Waals surface area contributed by atoms with Crippen LogP contribution >= 0.6 is 0 Å². The van der Waals surface area contributed by atoms with E-state index in [1.54, 1.807) is 0 Å². The normalized spacial score (nSPS) is 15.9. The molecule has 0 aliphatic heterocycles. The lowest BCUT2D eigenvalue weighted by atomic mass is 10.1. The zero-order valence-electron chi connectivity index (χ0n) is 40.3. The SMILES string of the molecule is CC(O)c1ccc([Si](C)(C)CCC[Si](CCC[Si](C)(C)c2ccc(C(C)O)cc2)(CCC[Si](C)(C)c2ccc(C(C)O)cc2)CCC[Si](C)(C)c2ccc(C(C)O)cc2)cc1. The number of rotatable bonds is 24. The summed E-state index contributed by atoms with van der Waals surface area (Å²) < 4.78 is 0. The first-order valence-corrected chi connectivity index (χ1v) is 39.3. The van der Waals surface area contributed by atoms with E-state index in [0.717, 1.165) is 22.3 Å². The lowest BCUT2D eigenvalue weighted by molar-refractivity contribution is 0.199. The lowest BCUT2D eigenvalue weighted by Crippen LogP contribution is -2.44. The second-order valence-corrected chi connectivity index (χ2v) is 46.0. The minimum atomic E-state index is -1.74. The molecule has 0 aliphatic carbocycles. The van der Waals surface area contributed by atoms with Gasteiger partial charge in [-0.05, 0) is 49.9 Å². The molecule has 0 amide bonds. The standard InChI is InChI=1S/C52H84O4Si5/c1-41(53)45-17-25-49(26-18-45)57(5,6)33-13-37-61(38-14-34-58(7,8)50-27-19-46(20-28-50)42(2)54,39-15-35-59(9,10)51-29-21-47(22-30-51)43(3)55)40-16-36-60(11,12)52-31-23-48(24-32-52)44(4)56/h17-32,41-44,53-56H,13-16,33-40H2,1-12H3. The fourth-order valence-electron chi connectivity index (χ4n) is 9.80. The second kappa shape index (κ2) is 22.1. The van der Waals surface area contributed by atoms with Gasteiger partial charge >= 0.3 is 0 Å². The van der Waals surface area contributed by atoms with Crippen molar-refractivity contribution in [3.05, 3.63) is 119 Å². The van der Waals surface area contributed by atoms with E-state index in [-0.39, 0.29) is 0 Å². The van der Waals surface area contributed by atoms with Gasteiger partial charge in [0.25, 0.3) is 0 Å². The molecular formula is C52H84O4Si5. The van der Waals surface area contributed by atoms with Gasteiger partial charge in [0.1, 0.15) is 0 Å². The third-order valence-corrected chi connectivity index (χ3v) is 34.4. The summed E-state index contributed by atoms with van der Waals surface area (Å²) in [4.78, 5) is 0. The van der Waals surface area contributed by atoms with Crippen molar-refractivity contribution in [1.82, 2.24) is 0 Å². The summed E-state index contributed by atoms with van der Waals surface area (Å²) in [5, 5.41) is 46.8. The van der Waals surface area contributed by atoms with Crippen molar-refractivity contribution in [2.75, 3.05) is 0 Å². The quantitative estimate of drug-likeness (QED) is 0.0528. The van der Waals surface area contributed by atoms with Crippen LogP contribution in [0.1, 0.15) is 100 Å². The van der Waals surface area contributed by atoms with Gasteiger partial charge in [0, 0.05) is 0 Å². The maximum Gasteiger partial charge on any atom is 0.0806 e. The van der Waals surface area contributed by atoms with Gasteiger partial charge in [-0.1, -0.05) is 244 Å². The van der Waals surface area contributed by atoms with Gasteiger partial charge in [0.05, 0.1) is 64.8 Å². The van der Waals surface area contributed by atoms with Crippen molar-refractivity contribution >= 4 is 61.1 Å². The molecule has 0 aliphatic rings. The number of hydrogen-bond acceptors (Lipinski definition) is 4. The van der Waals surface area contributed by atoms with Crippen LogP contribution in [0.3, 0.4) is 0 Å². The molecule has 336 valence electrons. The average molecular weight is 914 g/mol. The van der Waals surface area contributed by atoms with Gasteiger partial charge in [-0.3, -0.25) is 0 Å². The Labute approximate surface area is 377 Å². The van der Waals surface area contributed by atoms with E-state index in [9.17, 15) is 20.4 Å². The predicted octanol–water partition coefficient (Wildman–Crippen LogP) is 11.7. The molecule has 0 aromatic heterocycles. The molecule has 0 radical (unpaired) electrons. The summed E-state index contributed by atoms with van der Waals surface area (Å²) in [7, 11) is -8.47. The molecule has 0 fully saturated rings. The minimum absolute atomic E-state index is 0.435. The zero-order valence-corrected chi connectivity index (χ0v) is 45.3. The van der Waals surface area contributed by atoms with Crippen LogP contribution < -0.4 is 20.7 Å². The molecule has 0 bridgehead atoms. The van der Waals surface area contributed by atoms with Crippen molar-refractivity contribution in [1.29, 1.82) is 0 Å². The van der Waals surface area contributed by atoms with E-state index in [1.165, 1.54) is 94.8 Å².